The topological polar surface area (TPSA) is 50.1 Å². The van der Waals surface area contributed by atoms with Gasteiger partial charge in [0.2, 0.25) is 0 Å². The number of aromatic nitrogens is 2. The van der Waals surface area contributed by atoms with Gasteiger partial charge in [-0.25, -0.2) is 0 Å². The van der Waals surface area contributed by atoms with Gasteiger partial charge in [0.05, 0.1) is 17.5 Å². The third kappa shape index (κ3) is 2.45. The Labute approximate surface area is 78.6 Å². The van der Waals surface area contributed by atoms with Gasteiger partial charge in [-0.15, -0.1) is 0 Å². The summed E-state index contributed by atoms with van der Waals surface area (Å²) in [4.78, 5) is 0. The Balaban J connectivity index is 2.68. The van der Waals surface area contributed by atoms with Crippen LogP contribution in [0.4, 0.5) is 5.69 Å². The minimum Gasteiger partial charge on any atom is -0.391 e. The fourth-order valence-electron chi connectivity index (χ4n) is 1.11. The first kappa shape index (κ1) is 10.1. The zero-order chi connectivity index (χ0) is 10.0. The van der Waals surface area contributed by atoms with Crippen molar-refractivity contribution in [2.75, 3.05) is 5.32 Å². The molecule has 2 N–H and O–H groups in total. The van der Waals surface area contributed by atoms with Crippen molar-refractivity contribution < 1.29 is 5.11 Å². The van der Waals surface area contributed by atoms with Crippen molar-refractivity contribution in [1.29, 1.82) is 0 Å². The lowest BCUT2D eigenvalue weighted by Crippen LogP contribution is -2.27. The maximum Gasteiger partial charge on any atom is 0.0825 e. The summed E-state index contributed by atoms with van der Waals surface area (Å²) in [7, 11) is 1.88. The van der Waals surface area contributed by atoms with Gasteiger partial charge in [0.15, 0.2) is 0 Å². The number of anilines is 1. The second kappa shape index (κ2) is 3.79. The van der Waals surface area contributed by atoms with E-state index in [2.05, 4.69) is 10.4 Å². The summed E-state index contributed by atoms with van der Waals surface area (Å²) >= 11 is 0. The molecule has 0 radical (unpaired) electrons. The number of aryl methyl sites for hydroxylation is 2. The van der Waals surface area contributed by atoms with E-state index in [9.17, 15) is 5.11 Å². The lowest BCUT2D eigenvalue weighted by molar-refractivity contribution is 0.178. The Morgan fingerprint density at radius 2 is 2.15 bits per heavy atom. The molecule has 0 aromatic carbocycles. The predicted molar refractivity (Wildman–Crippen MR) is 52.7 cm³/mol. The van der Waals surface area contributed by atoms with Crippen molar-refractivity contribution in [3.63, 3.8) is 0 Å². The van der Waals surface area contributed by atoms with Gasteiger partial charge >= 0.3 is 0 Å². The standard InChI is InChI=1S/C9H17N3O/c1-6(8(3)13)10-9-5-12(4)11-7(9)2/h5-6,8,10,13H,1-4H3. The predicted octanol–water partition coefficient (Wildman–Crippen LogP) is 0.910. The molecule has 13 heavy (non-hydrogen) atoms. The van der Waals surface area contributed by atoms with E-state index in [0.717, 1.165) is 11.4 Å². The van der Waals surface area contributed by atoms with E-state index < -0.39 is 0 Å². The van der Waals surface area contributed by atoms with Crippen LogP contribution in [0.3, 0.4) is 0 Å². The summed E-state index contributed by atoms with van der Waals surface area (Å²) in [5.74, 6) is 0. The van der Waals surface area contributed by atoms with Crippen molar-refractivity contribution in [3.05, 3.63) is 11.9 Å². The van der Waals surface area contributed by atoms with Crippen LogP contribution in [-0.4, -0.2) is 27.0 Å². The Morgan fingerprint density at radius 3 is 2.54 bits per heavy atom. The van der Waals surface area contributed by atoms with Crippen LogP contribution in [0.1, 0.15) is 19.5 Å². The number of nitrogens with one attached hydrogen (secondary N) is 1. The average molecular weight is 183 g/mol. The SMILES string of the molecule is Cc1nn(C)cc1NC(C)C(C)O. The van der Waals surface area contributed by atoms with E-state index in [1.54, 1.807) is 11.6 Å². The molecule has 0 saturated heterocycles. The molecule has 2 unspecified atom stereocenters. The van der Waals surface area contributed by atoms with Crippen molar-refractivity contribution >= 4 is 5.69 Å². The van der Waals surface area contributed by atoms with Gasteiger partial charge in [-0.05, 0) is 20.8 Å². The van der Waals surface area contributed by atoms with E-state index in [-0.39, 0.29) is 12.1 Å². The molecule has 1 aromatic rings. The van der Waals surface area contributed by atoms with Crippen molar-refractivity contribution in [2.24, 2.45) is 7.05 Å². The second-order valence-electron chi connectivity index (χ2n) is 3.48. The van der Waals surface area contributed by atoms with Crippen molar-refractivity contribution in [2.45, 2.75) is 32.9 Å². The molecular weight excluding hydrogens is 166 g/mol. The lowest BCUT2D eigenvalue weighted by Gasteiger charge is -2.16. The van der Waals surface area contributed by atoms with Crippen LogP contribution in [0.5, 0.6) is 0 Å². The van der Waals surface area contributed by atoms with Crippen LogP contribution in [0.15, 0.2) is 6.20 Å². The van der Waals surface area contributed by atoms with Gasteiger partial charge in [0.25, 0.3) is 0 Å². The Hall–Kier alpha value is -1.03. The van der Waals surface area contributed by atoms with Crippen LogP contribution < -0.4 is 5.32 Å². The molecule has 4 heteroatoms. The molecular formula is C9H17N3O. The molecule has 0 aliphatic rings. The van der Waals surface area contributed by atoms with Crippen LogP contribution in [0, 0.1) is 6.92 Å². The van der Waals surface area contributed by atoms with Crippen LogP contribution in [0.2, 0.25) is 0 Å². The van der Waals surface area contributed by atoms with Gasteiger partial charge < -0.3 is 10.4 Å². The minimum atomic E-state index is -0.361. The summed E-state index contributed by atoms with van der Waals surface area (Å²) < 4.78 is 1.76. The van der Waals surface area contributed by atoms with Crippen molar-refractivity contribution in [1.82, 2.24) is 9.78 Å². The fraction of sp³-hybridized carbons (Fsp3) is 0.667. The first-order valence-electron chi connectivity index (χ1n) is 4.45. The van der Waals surface area contributed by atoms with Crippen LogP contribution >= 0.6 is 0 Å². The largest absolute Gasteiger partial charge is 0.391 e. The van der Waals surface area contributed by atoms with Gasteiger partial charge in [-0.2, -0.15) is 5.10 Å². The Morgan fingerprint density at radius 1 is 1.54 bits per heavy atom. The van der Waals surface area contributed by atoms with Crippen LogP contribution in [0.25, 0.3) is 0 Å². The first-order chi connectivity index (χ1) is 6.00. The van der Waals surface area contributed by atoms with Gasteiger partial charge in [0.1, 0.15) is 0 Å². The molecule has 74 valence electrons. The number of hydrogen-bond acceptors (Lipinski definition) is 3. The molecule has 0 spiro atoms. The molecule has 0 saturated carbocycles. The summed E-state index contributed by atoms with van der Waals surface area (Å²) in [6, 6.07) is 0.0444. The minimum absolute atomic E-state index is 0.0444. The first-order valence-corrected chi connectivity index (χ1v) is 4.45. The number of aliphatic hydroxyl groups is 1. The van der Waals surface area contributed by atoms with E-state index in [1.165, 1.54) is 0 Å². The number of hydrogen-bond donors (Lipinski definition) is 2. The maximum absolute atomic E-state index is 9.29. The highest BCUT2D eigenvalue weighted by molar-refractivity contribution is 5.46. The maximum atomic E-state index is 9.29. The molecule has 4 nitrogen and oxygen atoms in total. The number of rotatable bonds is 3. The van der Waals surface area contributed by atoms with E-state index in [1.807, 2.05) is 27.1 Å². The lowest BCUT2D eigenvalue weighted by atomic mass is 10.2. The highest BCUT2D eigenvalue weighted by Gasteiger charge is 2.10. The molecule has 1 rings (SSSR count). The van der Waals surface area contributed by atoms with Gasteiger partial charge in [0, 0.05) is 19.3 Å². The molecule has 0 aliphatic heterocycles. The molecule has 0 aliphatic carbocycles. The van der Waals surface area contributed by atoms with E-state index >= 15 is 0 Å². The smallest absolute Gasteiger partial charge is 0.0825 e. The molecule has 0 amide bonds. The number of aliphatic hydroxyl groups excluding tert-OH is 1. The molecule has 1 aromatic heterocycles. The van der Waals surface area contributed by atoms with Crippen molar-refractivity contribution in [3.8, 4) is 0 Å². The Kier molecular flexibility index (Phi) is 2.93. The third-order valence-corrected chi connectivity index (χ3v) is 2.12. The normalized spacial score (nSPS) is 15.5. The Bertz CT molecular complexity index is 280. The summed E-state index contributed by atoms with van der Waals surface area (Å²) in [6.07, 6.45) is 1.55. The average Bonchev–Trinajstić information content (AvgIpc) is 2.30. The molecule has 0 bridgehead atoms. The molecule has 0 fully saturated rings. The summed E-state index contributed by atoms with van der Waals surface area (Å²) in [5, 5.41) is 16.7. The zero-order valence-corrected chi connectivity index (χ0v) is 8.57. The number of nitrogens with zero attached hydrogens (tertiary/aromatic N) is 2. The van der Waals surface area contributed by atoms with E-state index in [0.29, 0.717) is 0 Å². The third-order valence-electron chi connectivity index (χ3n) is 2.12. The fourth-order valence-corrected chi connectivity index (χ4v) is 1.11. The van der Waals surface area contributed by atoms with E-state index in [4.69, 9.17) is 0 Å². The van der Waals surface area contributed by atoms with Gasteiger partial charge in [-0.1, -0.05) is 0 Å². The molecule has 1 heterocycles. The van der Waals surface area contributed by atoms with Crippen LogP contribution in [-0.2, 0) is 7.05 Å². The zero-order valence-electron chi connectivity index (χ0n) is 8.57. The molecule has 2 atom stereocenters. The second-order valence-corrected chi connectivity index (χ2v) is 3.48. The quantitative estimate of drug-likeness (QED) is 0.732. The summed E-state index contributed by atoms with van der Waals surface area (Å²) in [6.45, 7) is 5.65. The highest BCUT2D eigenvalue weighted by Crippen LogP contribution is 2.13. The monoisotopic (exact) mass is 183 g/mol. The summed E-state index contributed by atoms with van der Waals surface area (Å²) in [5.41, 5.74) is 1.94. The van der Waals surface area contributed by atoms with Gasteiger partial charge in [-0.3, -0.25) is 4.68 Å². The highest BCUT2D eigenvalue weighted by atomic mass is 16.3.